The van der Waals surface area contributed by atoms with Crippen molar-refractivity contribution in [2.45, 2.75) is 59.0 Å². The van der Waals surface area contributed by atoms with Crippen molar-refractivity contribution in [1.29, 1.82) is 0 Å². The predicted molar refractivity (Wildman–Crippen MR) is 85.0 cm³/mol. The number of aliphatic hydroxyl groups excluding tert-OH is 1. The minimum absolute atomic E-state index is 0.688. The molecule has 11 heteroatoms. The largest absolute Gasteiger partial charge is 0.463 e. The van der Waals surface area contributed by atoms with E-state index in [1.165, 1.54) is 0 Å². The number of ether oxygens (including phenoxy) is 4. The predicted octanol–water partition coefficient (Wildman–Crippen LogP) is -1.14. The number of aliphatic hydroxyl groups is 1. The third-order valence-corrected chi connectivity index (χ3v) is 2.96. The van der Waals surface area contributed by atoms with Gasteiger partial charge in [-0.1, -0.05) is 0 Å². The van der Waals surface area contributed by atoms with Gasteiger partial charge in [0.25, 0.3) is 0 Å². The molecule has 0 heterocycles. The van der Waals surface area contributed by atoms with Crippen LogP contribution in [0.3, 0.4) is 0 Å². The molecule has 0 fully saturated rings. The number of Topliss-reactive ketones (excluding diaryl/α,β-unsaturated/α-hetero) is 2. The monoisotopic (exact) mass is 390 g/mol. The van der Waals surface area contributed by atoms with Gasteiger partial charge in [-0.15, -0.1) is 0 Å². The van der Waals surface area contributed by atoms with Crippen LogP contribution in [0.2, 0.25) is 0 Å². The fourth-order valence-corrected chi connectivity index (χ4v) is 2.00. The molecule has 0 rings (SSSR count). The number of carbonyl (C=O) groups excluding carboxylic acids is 6. The molecule has 27 heavy (non-hydrogen) atoms. The van der Waals surface area contributed by atoms with Crippen molar-refractivity contribution in [2.75, 3.05) is 6.61 Å². The topological polar surface area (TPSA) is 160 Å². The average molecular weight is 390 g/mol. The van der Waals surface area contributed by atoms with Crippen molar-refractivity contribution >= 4 is 35.4 Å². The average Bonchev–Trinajstić information content (AvgIpc) is 2.52. The van der Waals surface area contributed by atoms with Crippen molar-refractivity contribution in [3.05, 3.63) is 0 Å². The van der Waals surface area contributed by atoms with Gasteiger partial charge in [-0.25, -0.2) is 0 Å². The van der Waals surface area contributed by atoms with Gasteiger partial charge < -0.3 is 24.1 Å². The van der Waals surface area contributed by atoms with E-state index in [4.69, 9.17) is 14.2 Å². The summed E-state index contributed by atoms with van der Waals surface area (Å²) in [4.78, 5) is 68.7. The lowest BCUT2D eigenvalue weighted by Gasteiger charge is -2.33. The van der Waals surface area contributed by atoms with Gasteiger partial charge in [0.05, 0.1) is 0 Å². The van der Waals surface area contributed by atoms with Gasteiger partial charge in [-0.2, -0.15) is 0 Å². The van der Waals surface area contributed by atoms with E-state index < -0.39 is 66.5 Å². The van der Waals surface area contributed by atoms with Gasteiger partial charge in [0.1, 0.15) is 12.7 Å². The van der Waals surface area contributed by atoms with E-state index in [2.05, 4.69) is 4.74 Å². The summed E-state index contributed by atoms with van der Waals surface area (Å²) in [5.41, 5.74) is 0. The summed E-state index contributed by atoms with van der Waals surface area (Å²) in [5.74, 6) is -5.98. The van der Waals surface area contributed by atoms with E-state index in [0.29, 0.717) is 0 Å². The third-order valence-electron chi connectivity index (χ3n) is 2.96. The maximum absolute atomic E-state index is 12.2. The van der Waals surface area contributed by atoms with Gasteiger partial charge >= 0.3 is 23.9 Å². The summed E-state index contributed by atoms with van der Waals surface area (Å²) in [6, 6.07) is 0. The minimum Gasteiger partial charge on any atom is -0.463 e. The summed E-state index contributed by atoms with van der Waals surface area (Å²) in [5, 5.41) is 10.2. The van der Waals surface area contributed by atoms with E-state index in [1.807, 2.05) is 0 Å². The molecule has 0 aliphatic heterocycles. The Hall–Kier alpha value is -2.82. The number of hydrogen-bond acceptors (Lipinski definition) is 11. The van der Waals surface area contributed by atoms with E-state index >= 15 is 0 Å². The summed E-state index contributed by atoms with van der Waals surface area (Å²) >= 11 is 0. The fourth-order valence-electron chi connectivity index (χ4n) is 2.00. The highest BCUT2D eigenvalue weighted by molar-refractivity contribution is 6.38. The Labute approximate surface area is 154 Å². The van der Waals surface area contributed by atoms with Crippen LogP contribution in [-0.4, -0.2) is 71.6 Å². The van der Waals surface area contributed by atoms with E-state index in [9.17, 15) is 33.9 Å². The van der Waals surface area contributed by atoms with Crippen LogP contribution in [0.15, 0.2) is 0 Å². The molecule has 1 N–H and O–H groups in total. The van der Waals surface area contributed by atoms with Crippen molar-refractivity contribution in [1.82, 2.24) is 0 Å². The molecule has 0 bridgehead atoms. The van der Waals surface area contributed by atoms with E-state index in [1.54, 1.807) is 0 Å². The number of ketones is 2. The molecule has 4 atom stereocenters. The zero-order valence-corrected chi connectivity index (χ0v) is 15.5. The molecule has 0 spiro atoms. The normalized spacial score (nSPS) is 14.7. The molecule has 0 aromatic carbocycles. The first-order valence-corrected chi connectivity index (χ1v) is 7.74. The van der Waals surface area contributed by atoms with Crippen LogP contribution in [0, 0.1) is 0 Å². The van der Waals surface area contributed by atoms with Crippen molar-refractivity contribution < 1.29 is 52.8 Å². The fraction of sp³-hybridized carbons (Fsp3) is 0.625. The molecule has 0 aliphatic rings. The zero-order chi connectivity index (χ0) is 21.3. The molecule has 152 valence electrons. The van der Waals surface area contributed by atoms with Gasteiger partial charge in [-0.3, -0.25) is 28.8 Å². The minimum atomic E-state index is -1.99. The second-order valence-corrected chi connectivity index (χ2v) is 5.47. The molecule has 0 saturated carbocycles. The first-order valence-electron chi connectivity index (χ1n) is 7.74. The summed E-state index contributed by atoms with van der Waals surface area (Å²) in [7, 11) is 0. The number of hydrogen-bond donors (Lipinski definition) is 1. The second kappa shape index (κ2) is 11.0. The Bertz CT molecular complexity index is 609. The highest BCUT2D eigenvalue weighted by atomic mass is 16.6. The SMILES string of the molecule is CC(=O)OC[C@@H](O)[C@@H](OC(C)=O)[C@H](OC(C)=O)[C@H](OC(C)=O)C(=O)C(C)=O. The lowest BCUT2D eigenvalue weighted by molar-refractivity contribution is -0.197. The van der Waals surface area contributed by atoms with Crippen LogP contribution < -0.4 is 0 Å². The van der Waals surface area contributed by atoms with Crippen LogP contribution in [0.5, 0.6) is 0 Å². The first kappa shape index (κ1) is 24.2. The number of esters is 4. The lowest BCUT2D eigenvalue weighted by atomic mass is 9.97. The summed E-state index contributed by atoms with van der Waals surface area (Å²) < 4.78 is 19.2. The third kappa shape index (κ3) is 8.90. The van der Waals surface area contributed by atoms with E-state index in [0.717, 1.165) is 34.6 Å². The Balaban J connectivity index is 6.03. The zero-order valence-electron chi connectivity index (χ0n) is 15.5. The van der Waals surface area contributed by atoms with Gasteiger partial charge in [0, 0.05) is 34.6 Å². The Morgan fingerprint density at radius 1 is 0.704 bits per heavy atom. The van der Waals surface area contributed by atoms with Gasteiger partial charge in [0.15, 0.2) is 18.0 Å². The van der Waals surface area contributed by atoms with Crippen LogP contribution in [0.1, 0.15) is 34.6 Å². The van der Waals surface area contributed by atoms with Crippen LogP contribution in [0.25, 0.3) is 0 Å². The standard InChI is InChI=1S/C16H22O11/c1-7(17)13(23)15(26-10(4)20)16(27-11(5)21)14(25-9(3)19)12(22)6-24-8(2)18/h12,14-16,22H,6H2,1-5H3/t12-,14-,15-,16+/m1/s1. The number of carbonyl (C=O) groups is 6. The molecule has 0 aromatic rings. The van der Waals surface area contributed by atoms with Crippen molar-refractivity contribution in [3.8, 4) is 0 Å². The maximum atomic E-state index is 12.2. The molecule has 0 aliphatic carbocycles. The molecule has 0 unspecified atom stereocenters. The Morgan fingerprint density at radius 3 is 1.52 bits per heavy atom. The first-order chi connectivity index (χ1) is 12.4. The molecular formula is C16H22O11. The summed E-state index contributed by atoms with van der Waals surface area (Å²) in [6.07, 6.45) is -7.39. The Kier molecular flexibility index (Phi) is 9.86. The molecule has 0 saturated heterocycles. The molecule has 11 nitrogen and oxygen atoms in total. The Morgan fingerprint density at radius 2 is 1.15 bits per heavy atom. The van der Waals surface area contributed by atoms with Crippen molar-refractivity contribution in [3.63, 3.8) is 0 Å². The van der Waals surface area contributed by atoms with Gasteiger partial charge in [0.2, 0.25) is 11.9 Å². The van der Waals surface area contributed by atoms with Crippen LogP contribution in [0.4, 0.5) is 0 Å². The molecule has 0 radical (unpaired) electrons. The number of rotatable bonds is 10. The smallest absolute Gasteiger partial charge is 0.303 e. The maximum Gasteiger partial charge on any atom is 0.303 e. The van der Waals surface area contributed by atoms with Crippen LogP contribution in [-0.2, 0) is 47.7 Å². The summed E-state index contributed by atoms with van der Waals surface area (Å²) in [6.45, 7) is 4.09. The highest BCUT2D eigenvalue weighted by Gasteiger charge is 2.45. The van der Waals surface area contributed by atoms with Crippen molar-refractivity contribution in [2.24, 2.45) is 0 Å². The molecule has 0 amide bonds. The molecule has 0 aromatic heterocycles. The van der Waals surface area contributed by atoms with Gasteiger partial charge in [-0.05, 0) is 0 Å². The lowest BCUT2D eigenvalue weighted by Crippen LogP contribution is -2.55. The van der Waals surface area contributed by atoms with Crippen LogP contribution >= 0.6 is 0 Å². The highest BCUT2D eigenvalue weighted by Crippen LogP contribution is 2.19. The quantitative estimate of drug-likeness (QED) is 0.273. The van der Waals surface area contributed by atoms with E-state index in [-0.39, 0.29) is 0 Å². The second-order valence-electron chi connectivity index (χ2n) is 5.47. The molecular weight excluding hydrogens is 368 g/mol.